The van der Waals surface area contributed by atoms with Crippen LogP contribution in [0.4, 0.5) is 11.4 Å². The Morgan fingerprint density at radius 1 is 0.895 bits per heavy atom. The molecule has 1 heterocycles. The minimum Gasteiger partial charge on any atom is -0.369 e. The normalized spacial score (nSPS) is 15.8. The summed E-state index contributed by atoms with van der Waals surface area (Å²) in [6.07, 6.45) is 8.48. The summed E-state index contributed by atoms with van der Waals surface area (Å²) in [6.45, 7) is 6.30. The van der Waals surface area contributed by atoms with Crippen LogP contribution in [-0.4, -0.2) is 72.3 Å². The largest absolute Gasteiger partial charge is 0.369 e. The first-order valence-corrected chi connectivity index (χ1v) is 17.2. The molecular weight excluding hydrogens is 522 g/mol. The van der Waals surface area contributed by atoms with Crippen molar-refractivity contribution in [3.8, 4) is 0 Å². The molecule has 1 aliphatic rings. The summed E-state index contributed by atoms with van der Waals surface area (Å²) >= 11 is 0. The van der Waals surface area contributed by atoms with Crippen molar-refractivity contribution in [3.05, 3.63) is 54.1 Å². The van der Waals surface area contributed by atoms with Crippen LogP contribution in [0, 0.1) is 0 Å². The highest BCUT2D eigenvalue weighted by atomic mass is 32.2. The van der Waals surface area contributed by atoms with E-state index in [1.54, 1.807) is 0 Å². The van der Waals surface area contributed by atoms with Gasteiger partial charge in [-0.25, -0.2) is 16.8 Å². The number of para-hydroxylation sites is 1. The Kier molecular flexibility index (Phi) is 10.8. The molecule has 1 atom stereocenters. The first-order valence-electron chi connectivity index (χ1n) is 13.4. The first-order chi connectivity index (χ1) is 18.0. The molecule has 38 heavy (non-hydrogen) atoms. The molecule has 10 heteroatoms. The monoisotopic (exact) mass is 563 g/mol. The lowest BCUT2D eigenvalue weighted by Gasteiger charge is -2.40. The van der Waals surface area contributed by atoms with Crippen molar-refractivity contribution < 1.29 is 21.6 Å². The SMILES string of the molecule is CCCCC(CCCCC(=O)c1ccc(S(C)(=O)=O)c(NS(C)(=O)=O)c1)N1CCN(c2ccccc2)CC1. The van der Waals surface area contributed by atoms with Gasteiger partial charge in [0.2, 0.25) is 10.0 Å². The molecule has 1 saturated heterocycles. The van der Waals surface area contributed by atoms with Gasteiger partial charge in [-0.2, -0.15) is 0 Å². The fourth-order valence-corrected chi connectivity index (χ4v) is 6.51. The molecule has 0 amide bonds. The number of piperazine rings is 1. The van der Waals surface area contributed by atoms with Crippen molar-refractivity contribution >= 4 is 37.0 Å². The van der Waals surface area contributed by atoms with E-state index in [9.17, 15) is 21.6 Å². The molecule has 210 valence electrons. The van der Waals surface area contributed by atoms with E-state index in [0.717, 1.165) is 70.8 Å². The third kappa shape index (κ3) is 9.10. The van der Waals surface area contributed by atoms with Gasteiger partial charge in [-0.05, 0) is 49.6 Å². The van der Waals surface area contributed by atoms with Crippen molar-refractivity contribution in [2.75, 3.05) is 48.3 Å². The highest BCUT2D eigenvalue weighted by Gasteiger charge is 2.24. The number of benzene rings is 2. The second-order valence-electron chi connectivity index (χ2n) is 10.2. The van der Waals surface area contributed by atoms with Gasteiger partial charge < -0.3 is 4.90 Å². The lowest BCUT2D eigenvalue weighted by atomic mass is 9.98. The zero-order valence-electron chi connectivity index (χ0n) is 22.7. The highest BCUT2D eigenvalue weighted by Crippen LogP contribution is 2.26. The summed E-state index contributed by atoms with van der Waals surface area (Å²) in [5, 5.41) is 0. The number of carbonyl (C=O) groups is 1. The van der Waals surface area contributed by atoms with Crippen LogP contribution in [0.25, 0.3) is 0 Å². The standard InChI is InChI=1S/C28H41N3O5S2/c1-4-5-11-24(30-18-20-31(21-19-30)25-12-7-6-8-13-25)14-9-10-15-27(32)23-16-17-28(37(2,33)34)26(22-23)29-38(3,35)36/h6-8,12-13,16-17,22,24,29H,4-5,9-11,14-15,18-21H2,1-3H3. The van der Waals surface area contributed by atoms with Gasteiger partial charge in [-0.1, -0.05) is 44.4 Å². The number of hydrogen-bond donors (Lipinski definition) is 1. The zero-order valence-corrected chi connectivity index (χ0v) is 24.4. The van der Waals surface area contributed by atoms with Crippen LogP contribution in [0.2, 0.25) is 0 Å². The number of hydrogen-bond acceptors (Lipinski definition) is 7. The number of unbranched alkanes of at least 4 members (excludes halogenated alkanes) is 2. The van der Waals surface area contributed by atoms with Gasteiger partial charge in [-0.15, -0.1) is 0 Å². The molecule has 1 unspecified atom stereocenters. The highest BCUT2D eigenvalue weighted by molar-refractivity contribution is 7.92. The number of ketones is 1. The second kappa shape index (κ2) is 13.6. The Morgan fingerprint density at radius 3 is 2.16 bits per heavy atom. The molecule has 0 bridgehead atoms. The lowest BCUT2D eigenvalue weighted by Crippen LogP contribution is -2.50. The van der Waals surface area contributed by atoms with Crippen LogP contribution in [0.1, 0.15) is 62.2 Å². The summed E-state index contributed by atoms with van der Waals surface area (Å²) in [4.78, 5) is 17.8. The Bertz CT molecular complexity index is 1270. The molecule has 2 aromatic carbocycles. The van der Waals surface area contributed by atoms with E-state index >= 15 is 0 Å². The zero-order chi connectivity index (χ0) is 27.8. The summed E-state index contributed by atoms with van der Waals surface area (Å²) in [7, 11) is -7.37. The Labute approximate surface area is 228 Å². The van der Waals surface area contributed by atoms with Crippen molar-refractivity contribution in [2.45, 2.75) is 62.8 Å². The van der Waals surface area contributed by atoms with Crippen molar-refractivity contribution in [3.63, 3.8) is 0 Å². The van der Waals surface area contributed by atoms with E-state index < -0.39 is 19.9 Å². The van der Waals surface area contributed by atoms with E-state index in [4.69, 9.17) is 0 Å². The van der Waals surface area contributed by atoms with E-state index in [-0.39, 0.29) is 16.4 Å². The molecule has 1 fully saturated rings. The molecule has 8 nitrogen and oxygen atoms in total. The van der Waals surface area contributed by atoms with Crippen molar-refractivity contribution in [1.82, 2.24) is 4.90 Å². The van der Waals surface area contributed by atoms with Gasteiger partial charge in [0.15, 0.2) is 15.6 Å². The van der Waals surface area contributed by atoms with Gasteiger partial charge in [0.05, 0.1) is 16.8 Å². The lowest BCUT2D eigenvalue weighted by molar-refractivity contribution is 0.0976. The summed E-state index contributed by atoms with van der Waals surface area (Å²) in [5.74, 6) is -0.122. The minimum absolute atomic E-state index is 0.0878. The molecule has 0 radical (unpaired) electrons. The van der Waals surface area contributed by atoms with E-state index in [2.05, 4.69) is 45.7 Å². The maximum absolute atomic E-state index is 12.9. The van der Waals surface area contributed by atoms with Crippen LogP contribution in [0.3, 0.4) is 0 Å². The van der Waals surface area contributed by atoms with E-state index in [1.165, 1.54) is 30.3 Å². The number of anilines is 2. The number of nitrogens with one attached hydrogen (secondary N) is 1. The molecule has 0 aliphatic carbocycles. The number of rotatable bonds is 14. The Hall–Kier alpha value is -2.43. The summed E-state index contributed by atoms with van der Waals surface area (Å²) < 4.78 is 49.8. The molecule has 1 aliphatic heterocycles. The Balaban J connectivity index is 1.55. The number of sulfone groups is 1. The van der Waals surface area contributed by atoms with Gasteiger partial charge >= 0.3 is 0 Å². The predicted molar refractivity (Wildman–Crippen MR) is 154 cm³/mol. The molecule has 0 spiro atoms. The average Bonchev–Trinajstić information content (AvgIpc) is 2.87. The molecule has 3 rings (SSSR count). The fourth-order valence-electron chi connectivity index (χ4n) is 5.05. The molecule has 0 aromatic heterocycles. The van der Waals surface area contributed by atoms with Crippen LogP contribution < -0.4 is 9.62 Å². The third-order valence-electron chi connectivity index (χ3n) is 7.03. The van der Waals surface area contributed by atoms with Crippen molar-refractivity contribution in [2.24, 2.45) is 0 Å². The fraction of sp³-hybridized carbons (Fsp3) is 0.536. The van der Waals surface area contributed by atoms with E-state index in [1.807, 2.05) is 6.07 Å². The molecular formula is C28H41N3O5S2. The quantitative estimate of drug-likeness (QED) is 0.265. The Morgan fingerprint density at radius 2 is 1.55 bits per heavy atom. The van der Waals surface area contributed by atoms with Gasteiger partial charge in [0.25, 0.3) is 0 Å². The summed E-state index contributed by atoms with van der Waals surface area (Å²) in [5.41, 5.74) is 1.49. The topological polar surface area (TPSA) is 104 Å². The number of Topliss-reactive ketones (excluding diaryl/α,β-unsaturated/α-hetero) is 1. The average molecular weight is 564 g/mol. The van der Waals surface area contributed by atoms with Gasteiger partial charge in [-0.3, -0.25) is 14.4 Å². The maximum atomic E-state index is 12.9. The predicted octanol–water partition coefficient (Wildman–Crippen LogP) is 4.59. The summed E-state index contributed by atoms with van der Waals surface area (Å²) in [6, 6.07) is 15.1. The van der Waals surface area contributed by atoms with Crippen molar-refractivity contribution in [1.29, 1.82) is 0 Å². The van der Waals surface area contributed by atoms with Gasteiger partial charge in [0, 0.05) is 56.1 Å². The number of sulfonamides is 1. The molecule has 2 aromatic rings. The van der Waals surface area contributed by atoms with Gasteiger partial charge in [0.1, 0.15) is 0 Å². The number of carbonyl (C=O) groups excluding carboxylic acids is 1. The number of nitrogens with zero attached hydrogens (tertiary/aromatic N) is 2. The van der Waals surface area contributed by atoms with Crippen LogP contribution >= 0.6 is 0 Å². The van der Waals surface area contributed by atoms with Crippen LogP contribution in [0.15, 0.2) is 53.4 Å². The second-order valence-corrected chi connectivity index (χ2v) is 13.9. The van der Waals surface area contributed by atoms with Crippen LogP contribution in [-0.2, 0) is 19.9 Å². The smallest absolute Gasteiger partial charge is 0.229 e. The minimum atomic E-state index is -3.70. The van der Waals surface area contributed by atoms with E-state index in [0.29, 0.717) is 18.0 Å². The van der Waals surface area contributed by atoms with Crippen LogP contribution in [0.5, 0.6) is 0 Å². The molecule has 1 N–H and O–H groups in total. The molecule has 0 saturated carbocycles. The maximum Gasteiger partial charge on any atom is 0.229 e. The first kappa shape index (κ1) is 30.1. The third-order valence-corrected chi connectivity index (χ3v) is 8.78.